The first-order valence-electron chi connectivity index (χ1n) is 12.1. The summed E-state index contributed by atoms with van der Waals surface area (Å²) < 4.78 is 7.90. The van der Waals surface area contributed by atoms with Gasteiger partial charge < -0.3 is 9.72 Å². The van der Waals surface area contributed by atoms with Crippen LogP contribution < -0.4 is 5.56 Å². The quantitative estimate of drug-likeness (QED) is 0.246. The van der Waals surface area contributed by atoms with E-state index in [1.165, 1.54) is 4.31 Å². The number of H-pyrrole nitrogens is 1. The van der Waals surface area contributed by atoms with Crippen LogP contribution in [-0.2, 0) is 17.8 Å². The maximum atomic E-state index is 12.8. The molecule has 0 saturated carbocycles. The van der Waals surface area contributed by atoms with Crippen molar-refractivity contribution >= 4 is 45.7 Å². The van der Waals surface area contributed by atoms with Crippen molar-refractivity contribution in [2.75, 3.05) is 0 Å². The number of nitrogens with zero attached hydrogens (tertiary/aromatic N) is 2. The lowest BCUT2D eigenvalue weighted by Crippen LogP contribution is -2.43. The van der Waals surface area contributed by atoms with E-state index in [9.17, 15) is 9.59 Å². The van der Waals surface area contributed by atoms with E-state index in [0.29, 0.717) is 23.1 Å². The molecule has 0 radical (unpaired) electrons. The molecule has 1 heterocycles. The number of aryl methyl sites for hydroxylation is 1. The number of fused-ring (bicyclic) bond motifs is 1. The summed E-state index contributed by atoms with van der Waals surface area (Å²) in [5, 5.41) is 0.580. The van der Waals surface area contributed by atoms with E-state index >= 15 is 0 Å². The molecule has 0 aliphatic carbocycles. The highest BCUT2D eigenvalue weighted by molar-refractivity contribution is 9.10. The molecular weight excluding hydrogens is 526 g/mol. The van der Waals surface area contributed by atoms with Crippen molar-refractivity contribution in [2.24, 2.45) is 5.41 Å². The first-order valence-corrected chi connectivity index (χ1v) is 13.3. The molecule has 188 valence electrons. The molecule has 0 aliphatic heterocycles. The Balaban J connectivity index is 1.65. The number of hydrogen-bond donors (Lipinski definition) is 2. The van der Waals surface area contributed by atoms with Crippen LogP contribution in [-0.4, -0.2) is 26.4 Å². The Morgan fingerprint density at radius 3 is 2.66 bits per heavy atom. The largest absolute Gasteiger partial charge is 0.444 e. The number of carbonyl (C=O) groups excluding carboxylic acids is 1. The van der Waals surface area contributed by atoms with Gasteiger partial charge in [-0.2, -0.15) is 0 Å². The molecule has 0 bridgehead atoms. The second kappa shape index (κ2) is 12.6. The number of thiol groups is 1. The summed E-state index contributed by atoms with van der Waals surface area (Å²) in [4.78, 5) is 32.8. The molecule has 2 aromatic carbocycles. The smallest absolute Gasteiger partial charge is 0.420 e. The van der Waals surface area contributed by atoms with Crippen molar-refractivity contribution < 1.29 is 9.53 Å². The number of carbonyl (C=O) groups is 1. The normalized spacial score (nSPS) is 12.5. The van der Waals surface area contributed by atoms with Crippen LogP contribution in [0.25, 0.3) is 10.9 Å². The summed E-state index contributed by atoms with van der Waals surface area (Å²) in [5.74, 6) is 0.673. The van der Waals surface area contributed by atoms with Gasteiger partial charge in [0.15, 0.2) is 0 Å². The van der Waals surface area contributed by atoms with E-state index < -0.39 is 6.09 Å². The third-order valence-electron chi connectivity index (χ3n) is 6.37. The van der Waals surface area contributed by atoms with Gasteiger partial charge in [0, 0.05) is 10.9 Å². The lowest BCUT2D eigenvalue weighted by Gasteiger charge is -2.39. The molecule has 8 heteroatoms. The number of hydrogen-bond acceptors (Lipinski definition) is 5. The lowest BCUT2D eigenvalue weighted by molar-refractivity contribution is 0.0836. The van der Waals surface area contributed by atoms with Crippen LogP contribution >= 0.6 is 28.7 Å². The van der Waals surface area contributed by atoms with Crippen LogP contribution in [0.1, 0.15) is 64.3 Å². The van der Waals surface area contributed by atoms with Crippen molar-refractivity contribution in [3.05, 3.63) is 74.7 Å². The SMILES string of the molecule is CCCC[C@H](N(S)C(=O)OCc1ccccc1)C(C)(C)CCCc1nc2cc(Br)ccc2c(=O)[nH]1. The number of nitrogens with one attached hydrogen (secondary N) is 1. The van der Waals surface area contributed by atoms with Crippen molar-refractivity contribution in [1.82, 2.24) is 14.3 Å². The van der Waals surface area contributed by atoms with Gasteiger partial charge in [-0.25, -0.2) is 9.78 Å². The van der Waals surface area contributed by atoms with Gasteiger partial charge in [0.05, 0.1) is 16.9 Å². The summed E-state index contributed by atoms with van der Waals surface area (Å²) in [6.45, 7) is 6.68. The maximum absolute atomic E-state index is 12.8. The molecule has 0 aliphatic rings. The molecule has 0 saturated heterocycles. The standard InChI is InChI=1S/C27H34BrN3O3S/c1-4-5-12-23(31(35)26(33)34-18-19-10-7-6-8-11-19)27(2,3)16-9-13-24-29-22-17-20(28)14-15-21(22)25(32)30-24/h6-8,10-11,14-15,17,23,35H,4-5,9,12-13,16,18H2,1-3H3,(H,29,30,32)/t23-/m0/s1. The van der Waals surface area contributed by atoms with Crippen molar-refractivity contribution in [1.29, 1.82) is 0 Å². The lowest BCUT2D eigenvalue weighted by atomic mass is 9.77. The predicted molar refractivity (Wildman–Crippen MR) is 148 cm³/mol. The predicted octanol–water partition coefficient (Wildman–Crippen LogP) is 7.08. The van der Waals surface area contributed by atoms with Crippen LogP contribution in [0.15, 0.2) is 57.8 Å². The van der Waals surface area contributed by atoms with Crippen LogP contribution in [0, 0.1) is 5.41 Å². The van der Waals surface area contributed by atoms with Gasteiger partial charge in [-0.3, -0.25) is 9.10 Å². The summed E-state index contributed by atoms with van der Waals surface area (Å²) in [5.41, 5.74) is 1.29. The number of benzene rings is 2. The number of ether oxygens (including phenoxy) is 1. The average Bonchev–Trinajstić information content (AvgIpc) is 2.82. The van der Waals surface area contributed by atoms with Crippen LogP contribution in [0.5, 0.6) is 0 Å². The number of aromatic amines is 1. The fourth-order valence-corrected chi connectivity index (χ4v) is 5.15. The van der Waals surface area contributed by atoms with Crippen molar-refractivity contribution in [2.45, 2.75) is 71.9 Å². The Morgan fingerprint density at radius 1 is 1.20 bits per heavy atom. The minimum atomic E-state index is -0.433. The summed E-state index contributed by atoms with van der Waals surface area (Å²) in [6.07, 6.45) is 4.73. The van der Waals surface area contributed by atoms with E-state index in [0.717, 1.165) is 42.1 Å². The molecule has 1 aromatic heterocycles. The zero-order valence-electron chi connectivity index (χ0n) is 20.6. The highest BCUT2D eigenvalue weighted by Gasteiger charge is 2.35. The molecule has 0 unspecified atom stereocenters. The van der Waals surface area contributed by atoms with Crippen LogP contribution in [0.3, 0.4) is 0 Å². The zero-order valence-corrected chi connectivity index (χ0v) is 23.1. The van der Waals surface area contributed by atoms with Gasteiger partial charge in [-0.05, 0) is 48.4 Å². The van der Waals surface area contributed by atoms with E-state index in [4.69, 9.17) is 4.74 Å². The first-order chi connectivity index (χ1) is 16.7. The zero-order chi connectivity index (χ0) is 25.4. The molecule has 0 spiro atoms. The van der Waals surface area contributed by atoms with Gasteiger partial charge in [-0.1, -0.05) is 92.7 Å². The van der Waals surface area contributed by atoms with Crippen molar-refractivity contribution in [3.8, 4) is 0 Å². The number of halogens is 1. The fraction of sp³-hybridized carbons (Fsp3) is 0.444. The van der Waals surface area contributed by atoms with Crippen LogP contribution in [0.4, 0.5) is 4.79 Å². The molecular formula is C27H34BrN3O3S. The van der Waals surface area contributed by atoms with Gasteiger partial charge >= 0.3 is 6.09 Å². The average molecular weight is 561 g/mol. The molecule has 1 N–H and O–H groups in total. The third kappa shape index (κ3) is 7.58. The highest BCUT2D eigenvalue weighted by Crippen LogP contribution is 2.35. The number of aromatic nitrogens is 2. The van der Waals surface area contributed by atoms with Gasteiger partial charge in [0.25, 0.3) is 5.56 Å². The second-order valence-corrected chi connectivity index (χ2v) is 10.9. The minimum absolute atomic E-state index is 0.0892. The second-order valence-electron chi connectivity index (χ2n) is 9.56. The fourth-order valence-electron chi connectivity index (χ4n) is 4.31. The summed E-state index contributed by atoms with van der Waals surface area (Å²) in [6, 6.07) is 15.0. The van der Waals surface area contributed by atoms with Gasteiger partial charge in [0.1, 0.15) is 12.4 Å². The molecule has 1 atom stereocenters. The molecule has 3 aromatic rings. The van der Waals surface area contributed by atoms with E-state index in [1.807, 2.05) is 42.5 Å². The molecule has 6 nitrogen and oxygen atoms in total. The summed E-state index contributed by atoms with van der Waals surface area (Å²) >= 11 is 8.03. The van der Waals surface area contributed by atoms with E-state index in [-0.39, 0.29) is 23.6 Å². The third-order valence-corrected chi connectivity index (χ3v) is 7.31. The van der Waals surface area contributed by atoms with E-state index in [2.05, 4.69) is 59.5 Å². The Labute approximate surface area is 221 Å². The first kappa shape index (κ1) is 27.3. The van der Waals surface area contributed by atoms with Crippen LogP contribution in [0.2, 0.25) is 0 Å². The van der Waals surface area contributed by atoms with Gasteiger partial charge in [-0.15, -0.1) is 0 Å². The Kier molecular flexibility index (Phi) is 9.80. The minimum Gasteiger partial charge on any atom is -0.444 e. The molecule has 1 amide bonds. The van der Waals surface area contributed by atoms with E-state index in [1.54, 1.807) is 6.07 Å². The molecule has 0 fully saturated rings. The van der Waals surface area contributed by atoms with Crippen molar-refractivity contribution in [3.63, 3.8) is 0 Å². The van der Waals surface area contributed by atoms with Gasteiger partial charge in [0.2, 0.25) is 0 Å². The Bertz CT molecular complexity index is 1180. The Morgan fingerprint density at radius 2 is 1.94 bits per heavy atom. The molecule has 3 rings (SSSR count). The summed E-state index contributed by atoms with van der Waals surface area (Å²) in [7, 11) is 0. The molecule has 35 heavy (non-hydrogen) atoms. The Hall–Kier alpha value is -2.32. The number of unbranched alkanes of at least 4 members (excludes halogenated alkanes) is 1. The number of amides is 1. The number of rotatable bonds is 11. The monoisotopic (exact) mass is 559 g/mol. The maximum Gasteiger partial charge on any atom is 0.420 e. The highest BCUT2D eigenvalue weighted by atomic mass is 79.9. The topological polar surface area (TPSA) is 75.3 Å².